The molecule has 0 bridgehead atoms. The fraction of sp³-hybridized carbons (Fsp3) is 0.727. The Bertz CT molecular complexity index is 253. The lowest BCUT2D eigenvalue weighted by molar-refractivity contribution is 0.194. The number of allylic oxidation sites excluding steroid dienone is 1. The van der Waals surface area contributed by atoms with Crippen LogP contribution in [-0.4, -0.2) is 32.6 Å². The Hall–Kier alpha value is -1.03. The molecule has 2 N–H and O–H groups in total. The first kappa shape index (κ1) is 12.0. The number of hydrogen-bond acceptors (Lipinski definition) is 4. The van der Waals surface area contributed by atoms with E-state index in [2.05, 4.69) is 18.8 Å². The quantitative estimate of drug-likeness (QED) is 0.565. The van der Waals surface area contributed by atoms with Gasteiger partial charge in [0.05, 0.1) is 19.8 Å². The van der Waals surface area contributed by atoms with E-state index >= 15 is 0 Å². The van der Waals surface area contributed by atoms with Crippen molar-refractivity contribution in [2.75, 3.05) is 20.3 Å². The minimum atomic E-state index is 0.281. The monoisotopic (exact) mass is 212 g/mol. The van der Waals surface area contributed by atoms with Gasteiger partial charge < -0.3 is 15.2 Å². The van der Waals surface area contributed by atoms with E-state index in [0.717, 1.165) is 25.2 Å². The molecule has 0 spiro atoms. The van der Waals surface area contributed by atoms with Crippen molar-refractivity contribution >= 4 is 6.21 Å². The summed E-state index contributed by atoms with van der Waals surface area (Å²) in [6.07, 6.45) is 2.82. The van der Waals surface area contributed by atoms with Gasteiger partial charge >= 0.3 is 0 Å². The minimum absolute atomic E-state index is 0.281. The topological polar surface area (TPSA) is 56.8 Å². The molecule has 0 aromatic heterocycles. The van der Waals surface area contributed by atoms with E-state index < -0.39 is 0 Å². The van der Waals surface area contributed by atoms with Crippen LogP contribution in [0.4, 0.5) is 0 Å². The molecule has 1 heterocycles. The largest absolute Gasteiger partial charge is 0.482 e. The molecule has 0 radical (unpaired) electrons. The zero-order valence-corrected chi connectivity index (χ0v) is 9.69. The predicted molar refractivity (Wildman–Crippen MR) is 60.8 cm³/mol. The van der Waals surface area contributed by atoms with Crippen LogP contribution in [0.25, 0.3) is 0 Å². The number of hydrogen-bond donors (Lipinski definition) is 1. The Labute approximate surface area is 91.2 Å². The molecule has 1 aliphatic heterocycles. The van der Waals surface area contributed by atoms with Crippen LogP contribution in [0.5, 0.6) is 0 Å². The van der Waals surface area contributed by atoms with Crippen LogP contribution in [0, 0.1) is 5.92 Å². The number of methoxy groups -OCH3 is 1. The normalized spacial score (nSPS) is 23.6. The van der Waals surface area contributed by atoms with Crippen LogP contribution in [0.1, 0.15) is 20.3 Å². The van der Waals surface area contributed by atoms with Gasteiger partial charge in [0.15, 0.2) is 5.88 Å². The second kappa shape index (κ2) is 5.75. The molecule has 1 rings (SSSR count). The van der Waals surface area contributed by atoms with Gasteiger partial charge in [0, 0.05) is 18.4 Å². The molecule has 1 fully saturated rings. The molecule has 0 amide bonds. The number of rotatable bonds is 4. The van der Waals surface area contributed by atoms with Gasteiger partial charge in [-0.1, -0.05) is 13.8 Å². The standard InChI is InChI=1S/C11H20N2O2/c1-8(2)10(11(12)14-3)6-13-9-4-5-15-7-9/h6,8-9H,4-5,7,12H2,1-3H3/b11-10-,13-6?. The second-order valence-corrected chi connectivity index (χ2v) is 3.97. The molecular formula is C11H20N2O2. The summed E-state index contributed by atoms with van der Waals surface area (Å²) < 4.78 is 10.3. The van der Waals surface area contributed by atoms with Crippen molar-refractivity contribution in [1.29, 1.82) is 0 Å². The summed E-state index contributed by atoms with van der Waals surface area (Å²) in [5.41, 5.74) is 6.69. The molecule has 1 atom stereocenters. The molecule has 0 aliphatic carbocycles. The van der Waals surface area contributed by atoms with E-state index in [9.17, 15) is 0 Å². The molecule has 4 heteroatoms. The Morgan fingerprint density at radius 2 is 2.33 bits per heavy atom. The van der Waals surface area contributed by atoms with Crippen LogP contribution in [0.2, 0.25) is 0 Å². The van der Waals surface area contributed by atoms with Crippen LogP contribution < -0.4 is 5.73 Å². The third kappa shape index (κ3) is 3.55. The van der Waals surface area contributed by atoms with Crippen molar-refractivity contribution < 1.29 is 9.47 Å². The molecule has 0 aromatic rings. The molecule has 86 valence electrons. The third-order valence-electron chi connectivity index (χ3n) is 2.46. The van der Waals surface area contributed by atoms with Gasteiger partial charge in [-0.15, -0.1) is 0 Å². The Balaban J connectivity index is 2.65. The molecule has 1 saturated heterocycles. The summed E-state index contributed by atoms with van der Waals surface area (Å²) in [6.45, 7) is 5.66. The van der Waals surface area contributed by atoms with Crippen LogP contribution >= 0.6 is 0 Å². The average molecular weight is 212 g/mol. The number of ether oxygens (including phenoxy) is 2. The van der Waals surface area contributed by atoms with E-state index in [0.29, 0.717) is 11.8 Å². The molecule has 0 saturated carbocycles. The van der Waals surface area contributed by atoms with Gasteiger partial charge in [0.1, 0.15) is 0 Å². The van der Waals surface area contributed by atoms with Crippen LogP contribution in [-0.2, 0) is 9.47 Å². The smallest absolute Gasteiger partial charge is 0.188 e. The van der Waals surface area contributed by atoms with E-state index in [1.165, 1.54) is 0 Å². The summed E-state index contributed by atoms with van der Waals surface area (Å²) in [5.74, 6) is 0.767. The minimum Gasteiger partial charge on any atom is -0.482 e. The Morgan fingerprint density at radius 3 is 2.80 bits per heavy atom. The van der Waals surface area contributed by atoms with Crippen molar-refractivity contribution in [1.82, 2.24) is 0 Å². The fourth-order valence-electron chi connectivity index (χ4n) is 1.44. The van der Waals surface area contributed by atoms with E-state index in [-0.39, 0.29) is 6.04 Å². The molecule has 1 aliphatic rings. The van der Waals surface area contributed by atoms with Gasteiger partial charge in [-0.25, -0.2) is 0 Å². The van der Waals surface area contributed by atoms with Crippen molar-refractivity contribution in [3.63, 3.8) is 0 Å². The lowest BCUT2D eigenvalue weighted by Crippen LogP contribution is -2.12. The molecule has 1 unspecified atom stereocenters. The fourth-order valence-corrected chi connectivity index (χ4v) is 1.44. The summed E-state index contributed by atoms with van der Waals surface area (Å²) >= 11 is 0. The second-order valence-electron chi connectivity index (χ2n) is 3.97. The highest BCUT2D eigenvalue weighted by Gasteiger charge is 2.14. The van der Waals surface area contributed by atoms with Crippen molar-refractivity contribution in [2.45, 2.75) is 26.3 Å². The Morgan fingerprint density at radius 1 is 1.60 bits per heavy atom. The maximum atomic E-state index is 5.74. The maximum Gasteiger partial charge on any atom is 0.188 e. The number of nitrogens with two attached hydrogens (primary N) is 1. The van der Waals surface area contributed by atoms with Gasteiger partial charge in [-0.2, -0.15) is 0 Å². The van der Waals surface area contributed by atoms with E-state index in [1.54, 1.807) is 7.11 Å². The summed E-state index contributed by atoms with van der Waals surface area (Å²) in [5, 5.41) is 0. The molecule has 4 nitrogen and oxygen atoms in total. The number of aliphatic imine (C=N–C) groups is 1. The highest BCUT2D eigenvalue weighted by atomic mass is 16.5. The van der Waals surface area contributed by atoms with Crippen molar-refractivity contribution in [3.05, 3.63) is 11.5 Å². The maximum absolute atomic E-state index is 5.74. The third-order valence-corrected chi connectivity index (χ3v) is 2.46. The van der Waals surface area contributed by atoms with Gasteiger partial charge in [0.2, 0.25) is 0 Å². The zero-order valence-electron chi connectivity index (χ0n) is 9.69. The molecule has 0 aromatic carbocycles. The summed E-state index contributed by atoms with van der Waals surface area (Å²) in [4.78, 5) is 4.45. The Kier molecular flexibility index (Phi) is 4.62. The summed E-state index contributed by atoms with van der Waals surface area (Å²) in [6, 6.07) is 0.281. The van der Waals surface area contributed by atoms with E-state index in [4.69, 9.17) is 15.2 Å². The molecule has 15 heavy (non-hydrogen) atoms. The zero-order chi connectivity index (χ0) is 11.3. The first-order valence-electron chi connectivity index (χ1n) is 5.29. The van der Waals surface area contributed by atoms with Crippen LogP contribution in [0.15, 0.2) is 16.4 Å². The van der Waals surface area contributed by atoms with Gasteiger partial charge in [-0.3, -0.25) is 4.99 Å². The van der Waals surface area contributed by atoms with Gasteiger partial charge in [0.25, 0.3) is 0 Å². The lowest BCUT2D eigenvalue weighted by atomic mass is 10.1. The molecular weight excluding hydrogens is 192 g/mol. The van der Waals surface area contributed by atoms with Gasteiger partial charge in [-0.05, 0) is 12.3 Å². The van der Waals surface area contributed by atoms with Crippen molar-refractivity contribution in [3.8, 4) is 0 Å². The first-order valence-corrected chi connectivity index (χ1v) is 5.29. The predicted octanol–water partition coefficient (Wildman–Crippen LogP) is 1.32. The SMILES string of the molecule is CO/C(N)=C(/C=NC1CCOC1)C(C)C. The highest BCUT2D eigenvalue weighted by Crippen LogP contribution is 2.13. The average Bonchev–Trinajstić information content (AvgIpc) is 2.70. The lowest BCUT2D eigenvalue weighted by Gasteiger charge is -2.10. The highest BCUT2D eigenvalue weighted by molar-refractivity contribution is 5.79. The van der Waals surface area contributed by atoms with Crippen LogP contribution in [0.3, 0.4) is 0 Å². The van der Waals surface area contributed by atoms with E-state index in [1.807, 2.05) is 6.21 Å². The number of nitrogens with zero attached hydrogens (tertiary/aromatic N) is 1. The summed E-state index contributed by atoms with van der Waals surface area (Å²) in [7, 11) is 1.57. The van der Waals surface area contributed by atoms with Crippen molar-refractivity contribution in [2.24, 2.45) is 16.6 Å². The first-order chi connectivity index (χ1) is 7.15.